The van der Waals surface area contributed by atoms with Crippen LogP contribution in [-0.4, -0.2) is 45.5 Å². The minimum atomic E-state index is -0.458. The van der Waals surface area contributed by atoms with Crippen LogP contribution in [0.3, 0.4) is 0 Å². The number of carbonyl (C=O) groups excluding carboxylic acids is 2. The fraction of sp³-hybridized carbons (Fsp3) is 0.273. The second-order valence-corrected chi connectivity index (χ2v) is 7.66. The van der Waals surface area contributed by atoms with Crippen LogP contribution in [0.25, 0.3) is 17.1 Å². The second-order valence-electron chi connectivity index (χ2n) is 6.72. The van der Waals surface area contributed by atoms with Crippen LogP contribution in [0.2, 0.25) is 0 Å². The third-order valence-electron chi connectivity index (χ3n) is 4.27. The first kappa shape index (κ1) is 21.6. The molecule has 3 aromatic rings. The lowest BCUT2D eigenvalue weighted by atomic mass is 10.1. The number of hydrogen-bond donors (Lipinski definition) is 1. The molecular weight excluding hydrogens is 400 g/mol. The maximum Gasteiger partial charge on any atom is 0.325 e. The molecule has 0 unspecified atom stereocenters. The van der Waals surface area contributed by atoms with Gasteiger partial charge in [-0.05, 0) is 39.0 Å². The van der Waals surface area contributed by atoms with E-state index in [4.69, 9.17) is 4.74 Å². The van der Waals surface area contributed by atoms with Crippen LogP contribution < -0.4 is 5.32 Å². The van der Waals surface area contributed by atoms with Crippen LogP contribution in [0.1, 0.15) is 18.1 Å². The predicted molar refractivity (Wildman–Crippen MR) is 117 cm³/mol. The molecule has 0 aliphatic heterocycles. The van der Waals surface area contributed by atoms with Gasteiger partial charge < -0.3 is 10.1 Å². The van der Waals surface area contributed by atoms with Crippen molar-refractivity contribution in [2.75, 3.05) is 18.9 Å². The van der Waals surface area contributed by atoms with Crippen LogP contribution in [0.4, 0.5) is 0 Å². The molecule has 0 aliphatic carbocycles. The molecule has 156 valence electrons. The molecule has 1 heterocycles. The van der Waals surface area contributed by atoms with Crippen molar-refractivity contribution in [1.82, 2.24) is 20.1 Å². The smallest absolute Gasteiger partial charge is 0.325 e. The van der Waals surface area contributed by atoms with Crippen molar-refractivity contribution in [3.8, 4) is 17.1 Å². The van der Waals surface area contributed by atoms with Gasteiger partial charge in [-0.15, -0.1) is 10.2 Å². The Balaban J connectivity index is 1.83. The average molecular weight is 425 g/mol. The number of aromatic nitrogens is 3. The summed E-state index contributed by atoms with van der Waals surface area (Å²) in [6, 6.07) is 16.1. The number of thioether (sulfide) groups is 1. The average Bonchev–Trinajstić information content (AvgIpc) is 3.15. The molecule has 0 spiro atoms. The van der Waals surface area contributed by atoms with Crippen LogP contribution in [0.15, 0.2) is 53.7 Å². The number of esters is 1. The first-order chi connectivity index (χ1) is 14.5. The summed E-state index contributed by atoms with van der Waals surface area (Å²) in [5, 5.41) is 11.9. The number of hydrogen-bond acceptors (Lipinski definition) is 6. The lowest BCUT2D eigenvalue weighted by Gasteiger charge is -2.11. The van der Waals surface area contributed by atoms with Crippen LogP contribution in [-0.2, 0) is 14.3 Å². The zero-order valence-electron chi connectivity index (χ0n) is 17.2. The maximum atomic E-state index is 12.1. The number of ether oxygens (including phenoxy) is 1. The summed E-state index contributed by atoms with van der Waals surface area (Å²) in [7, 11) is 0. The van der Waals surface area contributed by atoms with Gasteiger partial charge in [0, 0.05) is 11.3 Å². The summed E-state index contributed by atoms with van der Waals surface area (Å²) >= 11 is 1.26. The molecule has 0 fully saturated rings. The quantitative estimate of drug-likeness (QED) is 0.441. The zero-order valence-corrected chi connectivity index (χ0v) is 18.0. The first-order valence-electron chi connectivity index (χ1n) is 9.62. The van der Waals surface area contributed by atoms with Gasteiger partial charge in [0.15, 0.2) is 11.0 Å². The number of aryl methyl sites for hydroxylation is 2. The number of nitrogens with zero attached hydrogens (tertiary/aromatic N) is 3. The molecule has 2 aromatic carbocycles. The van der Waals surface area contributed by atoms with E-state index in [0.717, 1.165) is 22.4 Å². The highest BCUT2D eigenvalue weighted by molar-refractivity contribution is 7.99. The van der Waals surface area contributed by atoms with E-state index < -0.39 is 5.97 Å². The molecule has 0 saturated carbocycles. The number of amides is 1. The molecule has 0 saturated heterocycles. The number of rotatable bonds is 8. The summed E-state index contributed by atoms with van der Waals surface area (Å²) in [5.74, 6) is 0.0815. The van der Waals surface area contributed by atoms with E-state index in [2.05, 4.69) is 21.6 Å². The predicted octanol–water partition coefficient (Wildman–Crippen LogP) is 3.32. The van der Waals surface area contributed by atoms with Gasteiger partial charge in [0.1, 0.15) is 6.54 Å². The highest BCUT2D eigenvalue weighted by Gasteiger charge is 2.17. The molecular formula is C22H24N4O3S. The van der Waals surface area contributed by atoms with Crippen molar-refractivity contribution in [1.29, 1.82) is 0 Å². The van der Waals surface area contributed by atoms with Crippen LogP contribution >= 0.6 is 11.8 Å². The largest absolute Gasteiger partial charge is 0.465 e. The molecule has 0 bridgehead atoms. The van der Waals surface area contributed by atoms with E-state index in [0.29, 0.717) is 11.0 Å². The molecule has 0 radical (unpaired) electrons. The Bertz CT molecular complexity index is 1030. The second kappa shape index (κ2) is 10.1. The van der Waals surface area contributed by atoms with E-state index in [1.54, 1.807) is 6.92 Å². The van der Waals surface area contributed by atoms with E-state index >= 15 is 0 Å². The van der Waals surface area contributed by atoms with Crippen molar-refractivity contribution < 1.29 is 14.3 Å². The van der Waals surface area contributed by atoms with Crippen molar-refractivity contribution in [2.45, 2.75) is 25.9 Å². The van der Waals surface area contributed by atoms with E-state index in [-0.39, 0.29) is 24.8 Å². The monoisotopic (exact) mass is 424 g/mol. The fourth-order valence-corrected chi connectivity index (χ4v) is 3.61. The Kier molecular flexibility index (Phi) is 7.24. The Morgan fingerprint density at radius 2 is 1.83 bits per heavy atom. The number of benzene rings is 2. The minimum Gasteiger partial charge on any atom is -0.465 e. The summed E-state index contributed by atoms with van der Waals surface area (Å²) in [6.07, 6.45) is 0. The van der Waals surface area contributed by atoms with Crippen molar-refractivity contribution in [2.24, 2.45) is 0 Å². The molecule has 1 N–H and O–H groups in total. The SMILES string of the molecule is CCOC(=O)CNC(=O)CSc1nnc(-c2cccc(C)c2)n1-c1ccc(C)cc1. The van der Waals surface area contributed by atoms with Crippen molar-refractivity contribution in [3.05, 3.63) is 59.7 Å². The Morgan fingerprint density at radius 1 is 1.07 bits per heavy atom. The minimum absolute atomic E-state index is 0.108. The standard InChI is InChI=1S/C22H24N4O3S/c1-4-29-20(28)13-23-19(27)14-30-22-25-24-21(17-7-5-6-16(3)12-17)26(22)18-10-8-15(2)9-11-18/h5-12H,4,13-14H2,1-3H3,(H,23,27). The molecule has 0 aliphatic rings. The molecule has 30 heavy (non-hydrogen) atoms. The molecule has 3 rings (SSSR count). The topological polar surface area (TPSA) is 86.1 Å². The molecule has 8 heteroatoms. The van der Waals surface area contributed by atoms with E-state index in [1.807, 2.05) is 60.9 Å². The Morgan fingerprint density at radius 3 is 2.53 bits per heavy atom. The van der Waals surface area contributed by atoms with Gasteiger partial charge in [-0.2, -0.15) is 0 Å². The van der Waals surface area contributed by atoms with Crippen molar-refractivity contribution >= 4 is 23.6 Å². The van der Waals surface area contributed by atoms with Crippen molar-refractivity contribution in [3.63, 3.8) is 0 Å². The van der Waals surface area contributed by atoms with Gasteiger partial charge in [0.05, 0.1) is 12.4 Å². The molecule has 7 nitrogen and oxygen atoms in total. The first-order valence-corrected chi connectivity index (χ1v) is 10.6. The lowest BCUT2D eigenvalue weighted by molar-refractivity contribution is -0.143. The number of nitrogens with one attached hydrogen (secondary N) is 1. The third kappa shape index (κ3) is 5.48. The van der Waals surface area contributed by atoms with Gasteiger partial charge in [-0.1, -0.05) is 53.2 Å². The molecule has 1 aromatic heterocycles. The van der Waals surface area contributed by atoms with Gasteiger partial charge in [0.2, 0.25) is 5.91 Å². The highest BCUT2D eigenvalue weighted by Crippen LogP contribution is 2.28. The number of carbonyl (C=O) groups is 2. The molecule has 1 amide bonds. The van der Waals surface area contributed by atoms with Crippen LogP contribution in [0, 0.1) is 13.8 Å². The van der Waals surface area contributed by atoms with Gasteiger partial charge in [-0.3, -0.25) is 14.2 Å². The summed E-state index contributed by atoms with van der Waals surface area (Å²) in [5.41, 5.74) is 4.13. The van der Waals surface area contributed by atoms with E-state index in [9.17, 15) is 9.59 Å². The van der Waals surface area contributed by atoms with E-state index in [1.165, 1.54) is 11.8 Å². The summed E-state index contributed by atoms with van der Waals surface area (Å²) in [4.78, 5) is 23.5. The normalized spacial score (nSPS) is 10.6. The van der Waals surface area contributed by atoms with Gasteiger partial charge in [-0.25, -0.2) is 0 Å². The fourth-order valence-electron chi connectivity index (χ4n) is 2.83. The maximum absolute atomic E-state index is 12.1. The lowest BCUT2D eigenvalue weighted by Crippen LogP contribution is -2.31. The van der Waals surface area contributed by atoms with Gasteiger partial charge >= 0.3 is 5.97 Å². The Labute approximate surface area is 179 Å². The molecule has 0 atom stereocenters. The van der Waals surface area contributed by atoms with Gasteiger partial charge in [0.25, 0.3) is 0 Å². The summed E-state index contributed by atoms with van der Waals surface area (Å²) < 4.78 is 6.76. The Hall–Kier alpha value is -3.13. The summed E-state index contributed by atoms with van der Waals surface area (Å²) in [6.45, 7) is 5.91. The highest BCUT2D eigenvalue weighted by atomic mass is 32.2. The van der Waals surface area contributed by atoms with Crippen LogP contribution in [0.5, 0.6) is 0 Å². The third-order valence-corrected chi connectivity index (χ3v) is 5.20. The zero-order chi connectivity index (χ0) is 21.5.